The maximum Gasteiger partial charge on any atom is 0.253 e. The molecule has 0 radical (unpaired) electrons. The van der Waals surface area contributed by atoms with Crippen LogP contribution in [0.25, 0.3) is 0 Å². The van der Waals surface area contributed by atoms with Crippen molar-refractivity contribution in [2.75, 3.05) is 20.6 Å². The van der Waals surface area contributed by atoms with Gasteiger partial charge in [0.15, 0.2) is 0 Å². The summed E-state index contributed by atoms with van der Waals surface area (Å²) in [6.07, 6.45) is 0.778. The largest absolute Gasteiger partial charge is 0.355 e. The molecule has 4 nitrogen and oxygen atoms in total. The van der Waals surface area contributed by atoms with Crippen molar-refractivity contribution in [3.05, 3.63) is 71.0 Å². The lowest BCUT2D eigenvalue weighted by Gasteiger charge is -2.11. The van der Waals surface area contributed by atoms with Gasteiger partial charge in [0.1, 0.15) is 5.82 Å². The third-order valence-corrected chi connectivity index (χ3v) is 3.57. The average molecular weight is 328 g/mol. The Morgan fingerprint density at radius 1 is 1.04 bits per heavy atom. The predicted octanol–water partition coefficient (Wildman–Crippen LogP) is 2.43. The molecule has 2 aromatic rings. The van der Waals surface area contributed by atoms with Gasteiger partial charge in [-0.1, -0.05) is 24.3 Å². The van der Waals surface area contributed by atoms with Crippen LogP contribution < -0.4 is 5.32 Å². The molecular formula is C19H21FN2O2. The Bertz CT molecular complexity index is 729. The molecule has 0 spiro atoms. The third-order valence-electron chi connectivity index (χ3n) is 3.57. The summed E-state index contributed by atoms with van der Waals surface area (Å²) in [6, 6.07) is 13.4. The zero-order valence-corrected chi connectivity index (χ0v) is 13.9. The topological polar surface area (TPSA) is 49.4 Å². The molecule has 0 aliphatic carbocycles. The van der Waals surface area contributed by atoms with Crippen LogP contribution in [-0.2, 0) is 17.6 Å². The van der Waals surface area contributed by atoms with E-state index in [0.717, 1.165) is 5.56 Å². The van der Waals surface area contributed by atoms with E-state index in [1.165, 1.54) is 17.0 Å². The number of hydrogen-bond acceptors (Lipinski definition) is 2. The van der Waals surface area contributed by atoms with E-state index in [1.54, 1.807) is 32.3 Å². The molecule has 0 heterocycles. The first-order chi connectivity index (χ1) is 11.5. The Labute approximate surface area is 141 Å². The molecule has 0 unspecified atom stereocenters. The zero-order valence-electron chi connectivity index (χ0n) is 13.9. The first-order valence-electron chi connectivity index (χ1n) is 7.77. The van der Waals surface area contributed by atoms with Gasteiger partial charge < -0.3 is 10.2 Å². The van der Waals surface area contributed by atoms with Gasteiger partial charge >= 0.3 is 0 Å². The molecule has 5 heteroatoms. The summed E-state index contributed by atoms with van der Waals surface area (Å²) in [5, 5.41) is 2.81. The molecule has 0 bridgehead atoms. The van der Waals surface area contributed by atoms with Crippen molar-refractivity contribution in [3.63, 3.8) is 0 Å². The van der Waals surface area contributed by atoms with Gasteiger partial charge in [0.2, 0.25) is 5.91 Å². The second-order valence-electron chi connectivity index (χ2n) is 5.81. The number of amides is 2. The van der Waals surface area contributed by atoms with Gasteiger partial charge in [0, 0.05) is 26.2 Å². The molecule has 0 atom stereocenters. The summed E-state index contributed by atoms with van der Waals surface area (Å²) in [4.78, 5) is 25.3. The number of nitrogens with zero attached hydrogens (tertiary/aromatic N) is 1. The molecule has 1 N–H and O–H groups in total. The second-order valence-corrected chi connectivity index (χ2v) is 5.81. The van der Waals surface area contributed by atoms with Crippen LogP contribution in [0.1, 0.15) is 21.5 Å². The standard InChI is InChI=1S/C19H21FN2O2/c1-22(2)19(24)16-7-3-5-14(11-16)9-10-21-18(23)13-15-6-4-8-17(20)12-15/h3-8,11-12H,9-10,13H2,1-2H3,(H,21,23). The van der Waals surface area contributed by atoms with Crippen molar-refractivity contribution in [2.24, 2.45) is 0 Å². The summed E-state index contributed by atoms with van der Waals surface area (Å²) < 4.78 is 13.1. The quantitative estimate of drug-likeness (QED) is 0.885. The highest BCUT2D eigenvalue weighted by molar-refractivity contribution is 5.94. The highest BCUT2D eigenvalue weighted by Gasteiger charge is 2.08. The summed E-state index contributed by atoms with van der Waals surface area (Å²) in [5.74, 6) is -0.546. The lowest BCUT2D eigenvalue weighted by Crippen LogP contribution is -2.27. The Hall–Kier alpha value is -2.69. The Kier molecular flexibility index (Phi) is 6.07. The number of carbonyl (C=O) groups excluding carboxylic acids is 2. The van der Waals surface area contributed by atoms with E-state index in [-0.39, 0.29) is 24.1 Å². The van der Waals surface area contributed by atoms with Crippen LogP contribution in [0.2, 0.25) is 0 Å². The number of halogens is 1. The average Bonchev–Trinajstić information content (AvgIpc) is 2.54. The molecule has 24 heavy (non-hydrogen) atoms. The van der Waals surface area contributed by atoms with E-state index in [2.05, 4.69) is 5.32 Å². The van der Waals surface area contributed by atoms with Gasteiger partial charge in [-0.05, 0) is 41.8 Å². The lowest BCUT2D eigenvalue weighted by molar-refractivity contribution is -0.120. The van der Waals surface area contributed by atoms with Gasteiger partial charge in [-0.15, -0.1) is 0 Å². The van der Waals surface area contributed by atoms with E-state index in [9.17, 15) is 14.0 Å². The number of nitrogens with one attached hydrogen (secondary N) is 1. The molecule has 0 saturated heterocycles. The van der Waals surface area contributed by atoms with Crippen LogP contribution >= 0.6 is 0 Å². The van der Waals surface area contributed by atoms with Gasteiger partial charge in [0.25, 0.3) is 5.91 Å². The van der Waals surface area contributed by atoms with E-state index < -0.39 is 0 Å². The van der Waals surface area contributed by atoms with Gasteiger partial charge in [0.05, 0.1) is 6.42 Å². The van der Waals surface area contributed by atoms with Crippen LogP contribution in [0.3, 0.4) is 0 Å². The molecule has 0 saturated carbocycles. The van der Waals surface area contributed by atoms with Crippen LogP contribution in [0, 0.1) is 5.82 Å². The number of carbonyl (C=O) groups is 2. The van der Waals surface area contributed by atoms with E-state index in [1.807, 2.05) is 18.2 Å². The fourth-order valence-corrected chi connectivity index (χ4v) is 2.36. The van der Waals surface area contributed by atoms with Crippen LogP contribution in [0.5, 0.6) is 0 Å². The van der Waals surface area contributed by atoms with Crippen molar-refractivity contribution in [1.82, 2.24) is 10.2 Å². The maximum atomic E-state index is 13.1. The van der Waals surface area contributed by atoms with Crippen molar-refractivity contribution < 1.29 is 14.0 Å². The minimum absolute atomic E-state index is 0.0491. The molecule has 2 rings (SSSR count). The van der Waals surface area contributed by atoms with Crippen molar-refractivity contribution >= 4 is 11.8 Å². The van der Waals surface area contributed by atoms with Gasteiger partial charge in [-0.3, -0.25) is 9.59 Å². The molecule has 0 aliphatic heterocycles. The fourth-order valence-electron chi connectivity index (χ4n) is 2.36. The van der Waals surface area contributed by atoms with Crippen LogP contribution in [0.4, 0.5) is 4.39 Å². The smallest absolute Gasteiger partial charge is 0.253 e. The number of rotatable bonds is 6. The predicted molar refractivity (Wildman–Crippen MR) is 91.3 cm³/mol. The highest BCUT2D eigenvalue weighted by Crippen LogP contribution is 2.08. The first kappa shape index (κ1) is 17.7. The molecular weight excluding hydrogens is 307 g/mol. The summed E-state index contributed by atoms with van der Waals surface area (Å²) in [5.41, 5.74) is 2.25. The molecule has 0 aromatic heterocycles. The van der Waals surface area contributed by atoms with E-state index in [0.29, 0.717) is 24.1 Å². The molecule has 2 amide bonds. The summed E-state index contributed by atoms with van der Waals surface area (Å²) >= 11 is 0. The van der Waals surface area contributed by atoms with E-state index >= 15 is 0 Å². The first-order valence-corrected chi connectivity index (χ1v) is 7.77. The monoisotopic (exact) mass is 328 g/mol. The highest BCUT2D eigenvalue weighted by atomic mass is 19.1. The molecule has 0 fully saturated rings. The minimum atomic E-state index is -0.345. The van der Waals surface area contributed by atoms with Gasteiger partial charge in [-0.25, -0.2) is 4.39 Å². The normalized spacial score (nSPS) is 10.3. The third kappa shape index (κ3) is 5.19. The Morgan fingerprint density at radius 3 is 2.46 bits per heavy atom. The number of benzene rings is 2. The maximum absolute atomic E-state index is 13.1. The van der Waals surface area contributed by atoms with Crippen molar-refractivity contribution in [2.45, 2.75) is 12.8 Å². The van der Waals surface area contributed by atoms with Gasteiger partial charge in [-0.2, -0.15) is 0 Å². The molecule has 2 aromatic carbocycles. The SMILES string of the molecule is CN(C)C(=O)c1cccc(CCNC(=O)Cc2cccc(F)c2)c1. The van der Waals surface area contributed by atoms with Crippen LogP contribution in [-0.4, -0.2) is 37.4 Å². The van der Waals surface area contributed by atoms with Crippen molar-refractivity contribution in [1.29, 1.82) is 0 Å². The molecule has 126 valence electrons. The Morgan fingerprint density at radius 2 is 1.75 bits per heavy atom. The fraction of sp³-hybridized carbons (Fsp3) is 0.263. The van der Waals surface area contributed by atoms with E-state index in [4.69, 9.17) is 0 Å². The second kappa shape index (κ2) is 8.24. The van der Waals surface area contributed by atoms with Crippen molar-refractivity contribution in [3.8, 4) is 0 Å². The minimum Gasteiger partial charge on any atom is -0.355 e. The zero-order chi connectivity index (χ0) is 17.5. The Balaban J connectivity index is 1.84. The summed E-state index contributed by atoms with van der Waals surface area (Å²) in [6.45, 7) is 0.466. The number of hydrogen-bond donors (Lipinski definition) is 1. The van der Waals surface area contributed by atoms with Crippen LogP contribution in [0.15, 0.2) is 48.5 Å². The molecule has 0 aliphatic rings. The lowest BCUT2D eigenvalue weighted by atomic mass is 10.1. The summed E-state index contributed by atoms with van der Waals surface area (Å²) in [7, 11) is 3.42.